The molecule has 1 saturated carbocycles. The van der Waals surface area contributed by atoms with Crippen molar-refractivity contribution in [3.05, 3.63) is 10.4 Å². The molecule has 1 aromatic rings. The molecule has 2 rings (SSSR count). The third kappa shape index (κ3) is 1.33. The fraction of sp³-hybridized carbons (Fsp3) is 0.444. The standard InChI is InChI=1S/C9H13N3OS/c1-12-9-5(4-2-3-4)6(10)7(14-9)8(11)13/h4,12H,2-3,10H2,1H3,(H2,11,13). The third-order valence-corrected chi connectivity index (χ3v) is 3.67. The van der Waals surface area contributed by atoms with E-state index in [1.807, 2.05) is 7.05 Å². The molecule has 4 nitrogen and oxygen atoms in total. The molecule has 5 N–H and O–H groups in total. The molecule has 0 unspecified atom stereocenters. The van der Waals surface area contributed by atoms with Gasteiger partial charge in [0.1, 0.15) is 4.88 Å². The van der Waals surface area contributed by atoms with Gasteiger partial charge in [0.25, 0.3) is 5.91 Å². The Kier molecular flexibility index (Phi) is 2.11. The van der Waals surface area contributed by atoms with Gasteiger partial charge in [-0.15, -0.1) is 11.3 Å². The monoisotopic (exact) mass is 211 g/mol. The first-order valence-corrected chi connectivity index (χ1v) is 5.36. The predicted octanol–water partition coefficient (Wildman–Crippen LogP) is 1.35. The van der Waals surface area contributed by atoms with Crippen molar-refractivity contribution in [1.29, 1.82) is 0 Å². The van der Waals surface area contributed by atoms with Crippen LogP contribution in [0.5, 0.6) is 0 Å². The van der Waals surface area contributed by atoms with Gasteiger partial charge in [0, 0.05) is 12.6 Å². The Morgan fingerprint density at radius 1 is 1.57 bits per heavy atom. The Hall–Kier alpha value is -1.23. The molecule has 14 heavy (non-hydrogen) atoms. The average Bonchev–Trinajstić information content (AvgIpc) is 2.90. The van der Waals surface area contributed by atoms with Gasteiger partial charge in [0.2, 0.25) is 0 Å². The molecule has 0 aliphatic heterocycles. The van der Waals surface area contributed by atoms with Crippen LogP contribution in [0.3, 0.4) is 0 Å². The molecular formula is C9H13N3OS. The molecule has 1 aromatic heterocycles. The Balaban J connectivity index is 2.50. The van der Waals surface area contributed by atoms with Crippen LogP contribution in [-0.2, 0) is 0 Å². The first-order valence-electron chi connectivity index (χ1n) is 4.54. The summed E-state index contributed by atoms with van der Waals surface area (Å²) in [5.41, 5.74) is 12.8. The van der Waals surface area contributed by atoms with E-state index in [1.54, 1.807) is 0 Å². The number of carbonyl (C=O) groups excluding carboxylic acids is 1. The Morgan fingerprint density at radius 3 is 2.64 bits per heavy atom. The van der Waals surface area contributed by atoms with Crippen molar-refractivity contribution in [2.45, 2.75) is 18.8 Å². The first-order chi connectivity index (χ1) is 6.65. The number of carbonyl (C=O) groups is 1. The topological polar surface area (TPSA) is 81.1 Å². The van der Waals surface area contributed by atoms with Crippen molar-refractivity contribution in [2.24, 2.45) is 5.73 Å². The van der Waals surface area contributed by atoms with E-state index in [0.717, 1.165) is 23.4 Å². The second-order valence-corrected chi connectivity index (χ2v) is 4.50. The number of hydrogen-bond donors (Lipinski definition) is 3. The van der Waals surface area contributed by atoms with E-state index in [-0.39, 0.29) is 0 Å². The number of hydrogen-bond acceptors (Lipinski definition) is 4. The lowest BCUT2D eigenvalue weighted by Crippen LogP contribution is -2.11. The minimum atomic E-state index is -0.434. The average molecular weight is 211 g/mol. The van der Waals surface area contributed by atoms with E-state index in [2.05, 4.69) is 5.32 Å². The van der Waals surface area contributed by atoms with Gasteiger partial charge in [0.05, 0.1) is 10.7 Å². The summed E-state index contributed by atoms with van der Waals surface area (Å²) in [6, 6.07) is 0. The minimum Gasteiger partial charge on any atom is -0.397 e. The van der Waals surface area contributed by atoms with Crippen molar-refractivity contribution in [3.63, 3.8) is 0 Å². The molecule has 1 aliphatic rings. The number of nitrogens with one attached hydrogen (secondary N) is 1. The molecule has 0 saturated heterocycles. The van der Waals surface area contributed by atoms with Gasteiger partial charge in [-0.25, -0.2) is 0 Å². The summed E-state index contributed by atoms with van der Waals surface area (Å²) in [4.78, 5) is 11.6. The summed E-state index contributed by atoms with van der Waals surface area (Å²) in [5, 5.41) is 4.05. The Labute approximate surface area is 86.3 Å². The van der Waals surface area contributed by atoms with E-state index in [1.165, 1.54) is 11.3 Å². The van der Waals surface area contributed by atoms with Gasteiger partial charge < -0.3 is 16.8 Å². The fourth-order valence-electron chi connectivity index (χ4n) is 1.60. The molecule has 1 fully saturated rings. The number of nitrogen functional groups attached to an aromatic ring is 1. The van der Waals surface area contributed by atoms with Crippen LogP contribution in [0.1, 0.15) is 34.0 Å². The second-order valence-electron chi connectivity index (χ2n) is 3.48. The number of anilines is 2. The van der Waals surface area contributed by atoms with Gasteiger partial charge in [-0.3, -0.25) is 4.79 Å². The summed E-state index contributed by atoms with van der Waals surface area (Å²) in [6.07, 6.45) is 2.32. The van der Waals surface area contributed by atoms with Gasteiger partial charge in [-0.2, -0.15) is 0 Å². The van der Waals surface area contributed by atoms with Crippen LogP contribution in [0.25, 0.3) is 0 Å². The molecule has 0 atom stereocenters. The quantitative estimate of drug-likeness (QED) is 0.706. The van der Waals surface area contributed by atoms with Gasteiger partial charge >= 0.3 is 0 Å². The molecule has 1 aliphatic carbocycles. The Bertz CT molecular complexity index is 382. The van der Waals surface area contributed by atoms with E-state index >= 15 is 0 Å². The van der Waals surface area contributed by atoms with Crippen LogP contribution in [-0.4, -0.2) is 13.0 Å². The van der Waals surface area contributed by atoms with Crippen molar-refractivity contribution in [1.82, 2.24) is 0 Å². The number of thiophene rings is 1. The van der Waals surface area contributed by atoms with E-state index in [0.29, 0.717) is 16.5 Å². The highest BCUT2D eigenvalue weighted by Gasteiger charge is 2.32. The van der Waals surface area contributed by atoms with Gasteiger partial charge in [0.15, 0.2) is 0 Å². The van der Waals surface area contributed by atoms with Crippen LogP contribution >= 0.6 is 11.3 Å². The van der Waals surface area contributed by atoms with Crippen LogP contribution < -0.4 is 16.8 Å². The Morgan fingerprint density at radius 2 is 2.21 bits per heavy atom. The molecular weight excluding hydrogens is 198 g/mol. The number of rotatable bonds is 3. The summed E-state index contributed by atoms with van der Waals surface area (Å²) < 4.78 is 0. The van der Waals surface area contributed by atoms with Gasteiger partial charge in [-0.1, -0.05) is 0 Å². The van der Waals surface area contributed by atoms with Crippen LogP contribution in [0.15, 0.2) is 0 Å². The largest absolute Gasteiger partial charge is 0.397 e. The highest BCUT2D eigenvalue weighted by atomic mass is 32.1. The molecule has 5 heteroatoms. The zero-order valence-electron chi connectivity index (χ0n) is 7.96. The highest BCUT2D eigenvalue weighted by Crippen LogP contribution is 2.50. The summed E-state index contributed by atoms with van der Waals surface area (Å²) in [7, 11) is 1.84. The molecule has 0 bridgehead atoms. The molecule has 1 heterocycles. The number of nitrogens with two attached hydrogens (primary N) is 2. The minimum absolute atomic E-state index is 0.434. The molecule has 1 amide bonds. The van der Waals surface area contributed by atoms with Crippen molar-refractivity contribution < 1.29 is 4.79 Å². The zero-order chi connectivity index (χ0) is 10.3. The maximum absolute atomic E-state index is 11.1. The normalized spacial score (nSPS) is 15.5. The second kappa shape index (κ2) is 3.16. The maximum atomic E-state index is 11.1. The van der Waals surface area contributed by atoms with E-state index in [9.17, 15) is 4.79 Å². The number of amides is 1. The van der Waals surface area contributed by atoms with Crippen molar-refractivity contribution in [2.75, 3.05) is 18.1 Å². The van der Waals surface area contributed by atoms with Crippen LogP contribution in [0.4, 0.5) is 10.7 Å². The predicted molar refractivity (Wildman–Crippen MR) is 58.8 cm³/mol. The van der Waals surface area contributed by atoms with E-state index in [4.69, 9.17) is 11.5 Å². The van der Waals surface area contributed by atoms with Gasteiger partial charge in [-0.05, 0) is 18.8 Å². The lowest BCUT2D eigenvalue weighted by molar-refractivity contribution is 0.100. The smallest absolute Gasteiger partial charge is 0.260 e. The van der Waals surface area contributed by atoms with E-state index < -0.39 is 5.91 Å². The summed E-state index contributed by atoms with van der Waals surface area (Å²) in [5.74, 6) is 0.0951. The van der Waals surface area contributed by atoms with Crippen LogP contribution in [0, 0.1) is 0 Å². The lowest BCUT2D eigenvalue weighted by Gasteiger charge is -2.01. The summed E-state index contributed by atoms with van der Waals surface area (Å²) >= 11 is 1.35. The molecule has 76 valence electrons. The third-order valence-electron chi connectivity index (χ3n) is 2.42. The molecule has 0 aromatic carbocycles. The zero-order valence-corrected chi connectivity index (χ0v) is 8.78. The SMILES string of the molecule is CNc1sc(C(N)=O)c(N)c1C1CC1. The highest BCUT2D eigenvalue weighted by molar-refractivity contribution is 7.18. The van der Waals surface area contributed by atoms with Crippen LogP contribution in [0.2, 0.25) is 0 Å². The fourth-order valence-corrected chi connectivity index (χ4v) is 2.62. The van der Waals surface area contributed by atoms with Crippen molar-refractivity contribution in [3.8, 4) is 0 Å². The van der Waals surface area contributed by atoms with Crippen molar-refractivity contribution >= 4 is 27.9 Å². The lowest BCUT2D eigenvalue weighted by atomic mass is 10.1. The molecule has 0 radical (unpaired) electrons. The summed E-state index contributed by atoms with van der Waals surface area (Å²) in [6.45, 7) is 0. The first kappa shape index (κ1) is 9.33. The number of primary amides is 1. The molecule has 0 spiro atoms. The maximum Gasteiger partial charge on any atom is 0.260 e.